The van der Waals surface area contributed by atoms with Gasteiger partial charge in [0.2, 0.25) is 0 Å². The number of rotatable bonds is 5. The van der Waals surface area contributed by atoms with Gasteiger partial charge in [-0.15, -0.1) is 0 Å². The lowest BCUT2D eigenvalue weighted by Gasteiger charge is -2.10. The van der Waals surface area contributed by atoms with Crippen LogP contribution in [-0.4, -0.2) is 46.5 Å². The number of hydrogen-bond donors (Lipinski definition) is 2. The third kappa shape index (κ3) is 3.28. The number of nitrogens with one attached hydrogen (secondary N) is 1. The van der Waals surface area contributed by atoms with E-state index in [4.69, 9.17) is 5.11 Å². The van der Waals surface area contributed by atoms with Crippen LogP contribution in [0.1, 0.15) is 16.2 Å². The van der Waals surface area contributed by atoms with E-state index in [9.17, 15) is 9.59 Å². The number of carboxylic acids is 1. The number of carboxylic acid groups (broad SMARTS) is 1. The second-order valence-electron chi connectivity index (χ2n) is 3.57. The van der Waals surface area contributed by atoms with Crippen molar-refractivity contribution < 1.29 is 19.4 Å². The Labute approximate surface area is 98.4 Å². The molecule has 1 unspecified atom stereocenters. The quantitative estimate of drug-likeness (QED) is 0.728. The van der Waals surface area contributed by atoms with Crippen molar-refractivity contribution in [1.82, 2.24) is 15.1 Å². The molecule has 0 saturated heterocycles. The van der Waals surface area contributed by atoms with Gasteiger partial charge in [0.15, 0.2) is 6.10 Å². The fourth-order valence-corrected chi connectivity index (χ4v) is 1.22. The molecule has 0 radical (unpaired) electrons. The summed E-state index contributed by atoms with van der Waals surface area (Å²) in [6, 6.07) is 1.62. The lowest BCUT2D eigenvalue weighted by atomic mass is 10.3. The Bertz CT molecular complexity index is 408. The van der Waals surface area contributed by atoms with Gasteiger partial charge in [-0.1, -0.05) is 0 Å². The van der Waals surface area contributed by atoms with E-state index in [2.05, 4.69) is 15.2 Å². The molecule has 1 rings (SSSR count). The fraction of sp³-hybridized carbons (Fsp3) is 0.500. The molecule has 0 saturated carbocycles. The van der Waals surface area contributed by atoms with Gasteiger partial charge in [0, 0.05) is 19.9 Å². The monoisotopic (exact) mass is 241 g/mol. The highest BCUT2D eigenvalue weighted by Crippen LogP contribution is 2.01. The smallest absolute Gasteiger partial charge is 0.334 e. The molecule has 0 aliphatic rings. The molecule has 0 bridgehead atoms. The van der Waals surface area contributed by atoms with Gasteiger partial charge in [-0.2, -0.15) is 5.10 Å². The van der Waals surface area contributed by atoms with Crippen LogP contribution in [0.5, 0.6) is 0 Å². The second kappa shape index (κ2) is 5.44. The maximum atomic E-state index is 11.6. The zero-order valence-electron chi connectivity index (χ0n) is 9.93. The molecule has 7 heteroatoms. The molecule has 0 spiro atoms. The van der Waals surface area contributed by atoms with E-state index in [0.29, 0.717) is 0 Å². The molecule has 0 aliphatic heterocycles. The van der Waals surface area contributed by atoms with Gasteiger partial charge in [-0.3, -0.25) is 9.48 Å². The van der Waals surface area contributed by atoms with Crippen molar-refractivity contribution in [3.05, 3.63) is 17.5 Å². The summed E-state index contributed by atoms with van der Waals surface area (Å²) in [4.78, 5) is 22.3. The number of aliphatic carboxylic acids is 1. The molecule has 0 fully saturated rings. The topological polar surface area (TPSA) is 93.5 Å². The molecule has 1 aromatic heterocycles. The molecule has 1 heterocycles. The van der Waals surface area contributed by atoms with E-state index in [0.717, 1.165) is 5.69 Å². The Morgan fingerprint density at radius 1 is 1.65 bits per heavy atom. The SMILES string of the molecule is COC(CNC(=O)c1cc(C)n(C)n1)C(=O)O. The van der Waals surface area contributed by atoms with E-state index in [1.54, 1.807) is 17.8 Å². The Balaban J connectivity index is 2.58. The van der Waals surface area contributed by atoms with Crippen LogP contribution in [0.25, 0.3) is 0 Å². The fourth-order valence-electron chi connectivity index (χ4n) is 1.22. The summed E-state index contributed by atoms with van der Waals surface area (Å²) in [7, 11) is 3.00. The van der Waals surface area contributed by atoms with Gasteiger partial charge >= 0.3 is 5.97 Å². The third-order valence-corrected chi connectivity index (χ3v) is 2.35. The zero-order valence-corrected chi connectivity index (χ0v) is 9.93. The maximum Gasteiger partial charge on any atom is 0.334 e. The number of carbonyl (C=O) groups excluding carboxylic acids is 1. The first-order valence-corrected chi connectivity index (χ1v) is 5.00. The Morgan fingerprint density at radius 2 is 2.29 bits per heavy atom. The van der Waals surface area contributed by atoms with Gasteiger partial charge < -0.3 is 15.2 Å². The van der Waals surface area contributed by atoms with Gasteiger partial charge in [-0.05, 0) is 13.0 Å². The number of carbonyl (C=O) groups is 2. The summed E-state index contributed by atoms with van der Waals surface area (Å²) < 4.78 is 6.26. The number of ether oxygens (including phenoxy) is 1. The van der Waals surface area contributed by atoms with Crippen molar-refractivity contribution in [3.8, 4) is 0 Å². The molecule has 7 nitrogen and oxygen atoms in total. The molecular formula is C10H15N3O4. The van der Waals surface area contributed by atoms with Crippen LogP contribution in [0.2, 0.25) is 0 Å². The Hall–Kier alpha value is -1.89. The summed E-state index contributed by atoms with van der Waals surface area (Å²) >= 11 is 0. The third-order valence-electron chi connectivity index (χ3n) is 2.35. The average molecular weight is 241 g/mol. The highest BCUT2D eigenvalue weighted by Gasteiger charge is 2.18. The van der Waals surface area contributed by atoms with E-state index >= 15 is 0 Å². The van der Waals surface area contributed by atoms with E-state index in [1.807, 2.05) is 6.92 Å². The first-order chi connectivity index (χ1) is 7.95. The van der Waals surface area contributed by atoms with Crippen molar-refractivity contribution in [2.45, 2.75) is 13.0 Å². The number of aryl methyl sites for hydroxylation is 2. The zero-order chi connectivity index (χ0) is 13.0. The Morgan fingerprint density at radius 3 is 2.71 bits per heavy atom. The number of hydrogen-bond acceptors (Lipinski definition) is 4. The molecule has 0 aliphatic carbocycles. The predicted octanol–water partition coefficient (Wildman–Crippen LogP) is -0.442. The predicted molar refractivity (Wildman–Crippen MR) is 58.7 cm³/mol. The number of aromatic nitrogens is 2. The average Bonchev–Trinajstić information content (AvgIpc) is 2.59. The lowest BCUT2D eigenvalue weighted by molar-refractivity contribution is -0.148. The first-order valence-electron chi connectivity index (χ1n) is 5.00. The van der Waals surface area contributed by atoms with Gasteiger partial charge in [0.1, 0.15) is 5.69 Å². The summed E-state index contributed by atoms with van der Waals surface area (Å²) in [5.74, 6) is -1.54. The first kappa shape index (κ1) is 13.2. The molecular weight excluding hydrogens is 226 g/mol. The van der Waals surface area contributed by atoms with Crippen molar-refractivity contribution >= 4 is 11.9 Å². The van der Waals surface area contributed by atoms with Crippen LogP contribution in [0.15, 0.2) is 6.07 Å². The van der Waals surface area contributed by atoms with Crippen molar-refractivity contribution in [2.24, 2.45) is 7.05 Å². The minimum Gasteiger partial charge on any atom is -0.479 e. The second-order valence-corrected chi connectivity index (χ2v) is 3.57. The van der Waals surface area contributed by atoms with Crippen LogP contribution in [-0.2, 0) is 16.6 Å². The molecule has 17 heavy (non-hydrogen) atoms. The minimum absolute atomic E-state index is 0.0969. The summed E-state index contributed by atoms with van der Waals surface area (Å²) in [5.41, 5.74) is 1.10. The standard InChI is InChI=1S/C10H15N3O4/c1-6-4-7(12-13(6)2)9(14)11-5-8(17-3)10(15)16/h4,8H,5H2,1-3H3,(H,11,14)(H,15,16). The van der Waals surface area contributed by atoms with Crippen molar-refractivity contribution in [2.75, 3.05) is 13.7 Å². The molecule has 1 aromatic rings. The molecule has 0 aromatic carbocycles. The normalized spacial score (nSPS) is 12.2. The summed E-state index contributed by atoms with van der Waals surface area (Å²) in [5, 5.41) is 15.1. The van der Waals surface area contributed by atoms with Crippen molar-refractivity contribution in [1.29, 1.82) is 0 Å². The minimum atomic E-state index is -1.12. The van der Waals surface area contributed by atoms with Gasteiger partial charge in [-0.25, -0.2) is 4.79 Å². The highest BCUT2D eigenvalue weighted by atomic mass is 16.5. The highest BCUT2D eigenvalue weighted by molar-refractivity contribution is 5.92. The van der Waals surface area contributed by atoms with Crippen LogP contribution < -0.4 is 5.32 Å². The molecule has 1 atom stereocenters. The molecule has 1 amide bonds. The van der Waals surface area contributed by atoms with Gasteiger partial charge in [0.25, 0.3) is 5.91 Å². The summed E-state index contributed by atoms with van der Waals surface area (Å²) in [6.07, 6.45) is -1.05. The molecule has 2 N–H and O–H groups in total. The van der Waals surface area contributed by atoms with Crippen LogP contribution in [0.3, 0.4) is 0 Å². The number of methoxy groups -OCH3 is 1. The van der Waals surface area contributed by atoms with E-state index in [1.165, 1.54) is 7.11 Å². The van der Waals surface area contributed by atoms with Crippen LogP contribution in [0.4, 0.5) is 0 Å². The lowest BCUT2D eigenvalue weighted by Crippen LogP contribution is -2.38. The van der Waals surface area contributed by atoms with Gasteiger partial charge in [0.05, 0.1) is 6.54 Å². The molecule has 94 valence electrons. The Kier molecular flexibility index (Phi) is 4.22. The number of amides is 1. The number of nitrogens with zero attached hydrogens (tertiary/aromatic N) is 2. The van der Waals surface area contributed by atoms with E-state index < -0.39 is 18.0 Å². The van der Waals surface area contributed by atoms with Crippen LogP contribution in [0, 0.1) is 6.92 Å². The maximum absolute atomic E-state index is 11.6. The van der Waals surface area contributed by atoms with E-state index in [-0.39, 0.29) is 12.2 Å². The largest absolute Gasteiger partial charge is 0.479 e. The van der Waals surface area contributed by atoms with Crippen LogP contribution >= 0.6 is 0 Å². The summed E-state index contributed by atoms with van der Waals surface area (Å²) in [6.45, 7) is 1.72. The van der Waals surface area contributed by atoms with Crippen molar-refractivity contribution in [3.63, 3.8) is 0 Å².